The Labute approximate surface area is 116 Å². The number of halogens is 1. The molecule has 0 heterocycles. The zero-order valence-electron chi connectivity index (χ0n) is 10.5. The minimum Gasteiger partial charge on any atom is -0.492 e. The first-order valence-electron chi connectivity index (χ1n) is 5.58. The van der Waals surface area contributed by atoms with Crippen LogP contribution in [0.3, 0.4) is 0 Å². The predicted octanol–water partition coefficient (Wildman–Crippen LogP) is 3.85. The summed E-state index contributed by atoms with van der Waals surface area (Å²) in [7, 11) is 0. The summed E-state index contributed by atoms with van der Waals surface area (Å²) in [5.74, 6) is 1.72. The molecule has 1 aromatic carbocycles. The molecule has 96 valence electrons. The first-order chi connectivity index (χ1) is 7.92. The molecule has 0 radical (unpaired) electrons. The molecule has 0 saturated carbocycles. The Bertz CT molecular complexity index is 361. The monoisotopic (exact) mass is 318 g/mol. The zero-order chi connectivity index (χ0) is 12.9. The number of benzene rings is 1. The van der Waals surface area contributed by atoms with Crippen molar-refractivity contribution in [3.63, 3.8) is 0 Å². The van der Waals surface area contributed by atoms with Crippen LogP contribution in [0.4, 0.5) is 0 Å². The number of rotatable bonds is 5. The van der Waals surface area contributed by atoms with Crippen LogP contribution in [-0.2, 0) is 6.61 Å². The lowest BCUT2D eigenvalue weighted by molar-refractivity contribution is 0.267. The molecule has 0 aliphatic carbocycles. The van der Waals surface area contributed by atoms with E-state index in [1.165, 1.54) is 0 Å². The fourth-order valence-electron chi connectivity index (χ4n) is 1.31. The summed E-state index contributed by atoms with van der Waals surface area (Å²) in [6.45, 7) is 7.24. The molecule has 0 unspecified atom stereocenters. The van der Waals surface area contributed by atoms with Crippen molar-refractivity contribution in [2.24, 2.45) is 0 Å². The van der Waals surface area contributed by atoms with E-state index in [4.69, 9.17) is 4.74 Å². The Hall–Kier alpha value is -0.190. The highest BCUT2D eigenvalue weighted by atomic mass is 79.9. The van der Waals surface area contributed by atoms with Gasteiger partial charge in [-0.1, -0.05) is 36.7 Å². The lowest BCUT2D eigenvalue weighted by Crippen LogP contribution is -2.12. The number of aliphatic hydroxyl groups is 1. The smallest absolute Gasteiger partial charge is 0.124 e. The second-order valence-corrected chi connectivity index (χ2v) is 7.56. The fraction of sp³-hybridized carbons (Fsp3) is 0.538. The molecule has 0 aliphatic heterocycles. The molecule has 1 rings (SSSR count). The van der Waals surface area contributed by atoms with Gasteiger partial charge < -0.3 is 9.84 Å². The van der Waals surface area contributed by atoms with E-state index in [-0.39, 0.29) is 11.4 Å². The summed E-state index contributed by atoms with van der Waals surface area (Å²) in [4.78, 5) is 0. The maximum Gasteiger partial charge on any atom is 0.124 e. The van der Waals surface area contributed by atoms with Crippen LogP contribution >= 0.6 is 27.7 Å². The van der Waals surface area contributed by atoms with Gasteiger partial charge >= 0.3 is 0 Å². The molecule has 2 nitrogen and oxygen atoms in total. The standard InChI is InChI=1S/C13H19BrO2S/c1-13(2,3)17-7-6-16-12-5-4-11(14)8-10(12)9-15/h4-5,8,15H,6-7,9H2,1-3H3. The van der Waals surface area contributed by atoms with Gasteiger partial charge in [0.1, 0.15) is 5.75 Å². The molecule has 17 heavy (non-hydrogen) atoms. The summed E-state index contributed by atoms with van der Waals surface area (Å²) in [5.41, 5.74) is 0.820. The Morgan fingerprint density at radius 3 is 2.65 bits per heavy atom. The SMILES string of the molecule is CC(C)(C)SCCOc1ccc(Br)cc1CO. The summed E-state index contributed by atoms with van der Waals surface area (Å²) in [6, 6.07) is 5.69. The summed E-state index contributed by atoms with van der Waals surface area (Å²) in [5, 5.41) is 9.22. The minimum absolute atomic E-state index is 0.00118. The van der Waals surface area contributed by atoms with Crippen molar-refractivity contribution in [2.75, 3.05) is 12.4 Å². The van der Waals surface area contributed by atoms with Crippen LogP contribution < -0.4 is 4.74 Å². The van der Waals surface area contributed by atoms with Gasteiger partial charge in [0, 0.05) is 20.5 Å². The van der Waals surface area contributed by atoms with Crippen molar-refractivity contribution >= 4 is 27.7 Å². The van der Waals surface area contributed by atoms with Gasteiger partial charge in [-0.2, -0.15) is 11.8 Å². The highest BCUT2D eigenvalue weighted by Gasteiger charge is 2.10. The van der Waals surface area contributed by atoms with Crippen molar-refractivity contribution in [1.82, 2.24) is 0 Å². The van der Waals surface area contributed by atoms with Gasteiger partial charge in [0.15, 0.2) is 0 Å². The average Bonchev–Trinajstić information content (AvgIpc) is 2.24. The van der Waals surface area contributed by atoms with Gasteiger partial charge in [0.25, 0.3) is 0 Å². The molecule has 1 N–H and O–H groups in total. The van der Waals surface area contributed by atoms with Crippen LogP contribution in [-0.4, -0.2) is 22.2 Å². The van der Waals surface area contributed by atoms with Crippen LogP contribution in [0.2, 0.25) is 0 Å². The third-order valence-electron chi connectivity index (χ3n) is 2.07. The van der Waals surface area contributed by atoms with E-state index in [1.54, 1.807) is 0 Å². The van der Waals surface area contributed by atoms with Crippen molar-refractivity contribution < 1.29 is 9.84 Å². The third-order valence-corrected chi connectivity index (χ3v) is 3.80. The van der Waals surface area contributed by atoms with E-state index < -0.39 is 0 Å². The molecule has 0 amide bonds. The van der Waals surface area contributed by atoms with E-state index in [0.717, 1.165) is 21.5 Å². The Morgan fingerprint density at radius 2 is 2.06 bits per heavy atom. The first kappa shape index (κ1) is 14.9. The molecule has 0 atom stereocenters. The molecule has 4 heteroatoms. The normalized spacial score (nSPS) is 11.6. The average molecular weight is 319 g/mol. The molecule has 0 aromatic heterocycles. The summed E-state index contributed by atoms with van der Waals surface area (Å²) < 4.78 is 6.90. The van der Waals surface area contributed by atoms with E-state index in [9.17, 15) is 5.11 Å². The van der Waals surface area contributed by atoms with E-state index >= 15 is 0 Å². The topological polar surface area (TPSA) is 29.5 Å². The van der Waals surface area contributed by atoms with E-state index in [0.29, 0.717) is 6.61 Å². The van der Waals surface area contributed by atoms with Crippen molar-refractivity contribution in [3.8, 4) is 5.75 Å². The lowest BCUT2D eigenvalue weighted by Gasteiger charge is -2.18. The van der Waals surface area contributed by atoms with Crippen molar-refractivity contribution in [2.45, 2.75) is 32.1 Å². The third kappa shape index (κ3) is 5.80. The zero-order valence-corrected chi connectivity index (χ0v) is 12.9. The molecule has 0 fully saturated rings. The Kier molecular flexibility index (Phi) is 5.83. The second-order valence-electron chi connectivity index (χ2n) is 4.72. The number of hydrogen-bond donors (Lipinski definition) is 1. The first-order valence-corrected chi connectivity index (χ1v) is 7.36. The number of hydrogen-bond acceptors (Lipinski definition) is 3. The van der Waals surface area contributed by atoms with Crippen LogP contribution in [0.1, 0.15) is 26.3 Å². The fourth-order valence-corrected chi connectivity index (χ4v) is 2.50. The largest absolute Gasteiger partial charge is 0.492 e. The summed E-state index contributed by atoms with van der Waals surface area (Å²) in [6.07, 6.45) is 0. The second kappa shape index (κ2) is 6.66. The van der Waals surface area contributed by atoms with Crippen LogP contribution in [0.5, 0.6) is 5.75 Å². The highest BCUT2D eigenvalue weighted by molar-refractivity contribution is 9.10. The van der Waals surface area contributed by atoms with Gasteiger partial charge in [-0.15, -0.1) is 0 Å². The van der Waals surface area contributed by atoms with Crippen LogP contribution in [0, 0.1) is 0 Å². The predicted molar refractivity (Wildman–Crippen MR) is 77.8 cm³/mol. The van der Waals surface area contributed by atoms with E-state index in [1.807, 2.05) is 30.0 Å². The molecular formula is C13H19BrO2S. The molecular weight excluding hydrogens is 300 g/mol. The Morgan fingerprint density at radius 1 is 1.35 bits per heavy atom. The highest BCUT2D eigenvalue weighted by Crippen LogP contribution is 2.25. The van der Waals surface area contributed by atoms with Gasteiger partial charge in [0.05, 0.1) is 13.2 Å². The Balaban J connectivity index is 2.46. The van der Waals surface area contributed by atoms with Gasteiger partial charge in [-0.3, -0.25) is 0 Å². The number of thioether (sulfide) groups is 1. The molecule has 0 bridgehead atoms. The number of aliphatic hydroxyl groups excluding tert-OH is 1. The van der Waals surface area contributed by atoms with E-state index in [2.05, 4.69) is 36.7 Å². The van der Waals surface area contributed by atoms with Crippen LogP contribution in [0.15, 0.2) is 22.7 Å². The molecule has 0 spiro atoms. The maximum absolute atomic E-state index is 9.22. The molecule has 1 aromatic rings. The summed E-state index contributed by atoms with van der Waals surface area (Å²) >= 11 is 5.25. The van der Waals surface area contributed by atoms with Crippen molar-refractivity contribution in [3.05, 3.63) is 28.2 Å². The van der Waals surface area contributed by atoms with Crippen LogP contribution in [0.25, 0.3) is 0 Å². The quantitative estimate of drug-likeness (QED) is 0.836. The van der Waals surface area contributed by atoms with Crippen molar-refractivity contribution in [1.29, 1.82) is 0 Å². The van der Waals surface area contributed by atoms with Gasteiger partial charge in [0.2, 0.25) is 0 Å². The maximum atomic E-state index is 9.22. The molecule has 0 aliphatic rings. The minimum atomic E-state index is 0.00118. The number of ether oxygens (including phenoxy) is 1. The lowest BCUT2D eigenvalue weighted by atomic mass is 10.2. The van der Waals surface area contributed by atoms with Gasteiger partial charge in [-0.25, -0.2) is 0 Å². The molecule has 0 saturated heterocycles. The van der Waals surface area contributed by atoms with Gasteiger partial charge in [-0.05, 0) is 18.2 Å².